The van der Waals surface area contributed by atoms with Crippen LogP contribution in [0, 0.1) is 0 Å². The summed E-state index contributed by atoms with van der Waals surface area (Å²) in [5.74, 6) is 0. The van der Waals surface area contributed by atoms with Crippen LogP contribution in [0.3, 0.4) is 0 Å². The van der Waals surface area contributed by atoms with Gasteiger partial charge in [-0.2, -0.15) is 0 Å². The summed E-state index contributed by atoms with van der Waals surface area (Å²) in [5.41, 5.74) is 0. The molecule has 0 fully saturated rings. The van der Waals surface area contributed by atoms with Crippen molar-refractivity contribution in [3.8, 4) is 0 Å². The van der Waals surface area contributed by atoms with Crippen LogP contribution in [0.4, 0.5) is 0 Å². The second-order valence-corrected chi connectivity index (χ2v) is 20.4. The van der Waals surface area contributed by atoms with Crippen molar-refractivity contribution in [3.63, 3.8) is 0 Å². The van der Waals surface area contributed by atoms with Gasteiger partial charge in [-0.1, -0.05) is 98.9 Å². The molecule has 0 aromatic heterocycles. The molecule has 0 rings (SSSR count). The first-order chi connectivity index (χ1) is 7.96. The molecule has 1 nitrogen and oxygen atoms in total. The Morgan fingerprint density at radius 1 is 0.833 bits per heavy atom. The van der Waals surface area contributed by atoms with E-state index in [1.54, 1.807) is 0 Å². The van der Waals surface area contributed by atoms with Crippen molar-refractivity contribution in [2.75, 3.05) is 6.61 Å². The smallest absolute Gasteiger partial charge is 0.183 e. The van der Waals surface area contributed by atoms with E-state index in [1.807, 2.05) is 0 Å². The van der Waals surface area contributed by atoms with Crippen LogP contribution in [0.2, 0.25) is 19.6 Å². The predicted molar refractivity (Wildman–Crippen MR) is 102 cm³/mol. The Labute approximate surface area is 154 Å². The number of hydrogen-bond donors (Lipinski definition) is 0. The van der Waals surface area contributed by atoms with E-state index in [-0.39, 0.29) is 5.38 Å². The number of hydrogen-bond acceptors (Lipinski definition) is 1. The normalized spacial score (nSPS) is 14.0. The van der Waals surface area contributed by atoms with Crippen LogP contribution in [-0.2, 0) is 4.43 Å². The first-order valence-electron chi connectivity index (χ1n) is 6.04. The van der Waals surface area contributed by atoms with Crippen LogP contribution in [0.5, 0.6) is 0 Å². The molecule has 0 saturated heterocycles. The van der Waals surface area contributed by atoms with Gasteiger partial charge in [-0.15, -0.1) is 0 Å². The quantitative estimate of drug-likeness (QED) is 0.165. The largest absolute Gasteiger partial charge is 0.418 e. The fraction of sp³-hybridized carbons (Fsp3) is 1.00. The zero-order valence-corrected chi connectivity index (χ0v) is 20.0. The van der Waals surface area contributed by atoms with Crippen LogP contribution in [0.25, 0.3) is 0 Å². The van der Waals surface area contributed by atoms with Crippen LogP contribution in [0.15, 0.2) is 0 Å². The van der Waals surface area contributed by atoms with Crippen molar-refractivity contribution in [2.24, 2.45) is 0 Å². The summed E-state index contributed by atoms with van der Waals surface area (Å²) in [6.07, 6.45) is 5.85. The zero-order valence-electron chi connectivity index (χ0n) is 11.0. The molecule has 0 aliphatic carbocycles. The monoisotopic (exact) mass is 592 g/mol. The third-order valence-corrected chi connectivity index (χ3v) is 10.6. The Bertz CT molecular complexity index is 235. The highest BCUT2D eigenvalue weighted by Crippen LogP contribution is 2.55. The molecule has 0 aromatic carbocycles. The van der Waals surface area contributed by atoms with Crippen LogP contribution < -0.4 is 0 Å². The first-order valence-corrected chi connectivity index (χ1v) is 13.4. The Balaban J connectivity index is 3.58. The molecular formula is C11H21Br5OSi. The summed E-state index contributed by atoms with van der Waals surface area (Å²) in [7, 11) is -1.31. The molecule has 0 N–H and O–H groups in total. The highest BCUT2D eigenvalue weighted by molar-refractivity contribution is 9.41. The molecule has 0 bridgehead atoms. The maximum absolute atomic E-state index is 5.83. The SMILES string of the molecule is C[Si](C)(C)OCCCCCCC(Br)(Br)C(Br)(Br)Br. The molecule has 0 unspecified atom stereocenters. The number of unbranched alkanes of at least 4 members (excludes halogenated alkanes) is 3. The Kier molecular flexibility index (Phi) is 10.2. The van der Waals surface area contributed by atoms with Gasteiger partial charge in [0.2, 0.25) is 0 Å². The van der Waals surface area contributed by atoms with E-state index in [4.69, 9.17) is 4.43 Å². The minimum Gasteiger partial charge on any atom is -0.418 e. The lowest BCUT2D eigenvalue weighted by molar-refractivity contribution is 0.298. The van der Waals surface area contributed by atoms with E-state index in [0.717, 1.165) is 13.0 Å². The second-order valence-electron chi connectivity index (χ2n) is 5.33. The average molecular weight is 597 g/mol. The van der Waals surface area contributed by atoms with E-state index in [2.05, 4.69) is 99.3 Å². The maximum atomic E-state index is 5.83. The van der Waals surface area contributed by atoms with Gasteiger partial charge in [0.05, 0.1) is 0 Å². The lowest BCUT2D eigenvalue weighted by Crippen LogP contribution is -2.28. The van der Waals surface area contributed by atoms with E-state index >= 15 is 0 Å². The summed E-state index contributed by atoms with van der Waals surface area (Å²) >= 11 is 18.0. The summed E-state index contributed by atoms with van der Waals surface area (Å²) in [5, 5.41) is 0. The van der Waals surface area contributed by atoms with Gasteiger partial charge >= 0.3 is 0 Å². The van der Waals surface area contributed by atoms with E-state index in [9.17, 15) is 0 Å². The van der Waals surface area contributed by atoms with Crippen LogP contribution >= 0.6 is 79.6 Å². The molecule has 0 spiro atoms. The van der Waals surface area contributed by atoms with Gasteiger partial charge < -0.3 is 4.43 Å². The van der Waals surface area contributed by atoms with Crippen molar-refractivity contribution in [1.29, 1.82) is 0 Å². The van der Waals surface area contributed by atoms with Gasteiger partial charge in [0.15, 0.2) is 10.5 Å². The standard InChI is InChI=1S/C11H21Br5OSi/c1-18(2,3)17-9-7-5-4-6-8-10(12,13)11(14,15)16/h4-9H2,1-3H3. The van der Waals surface area contributed by atoms with E-state index in [0.29, 0.717) is 0 Å². The highest BCUT2D eigenvalue weighted by atomic mass is 80.0. The summed E-state index contributed by atoms with van der Waals surface area (Å²) in [6.45, 7) is 7.62. The van der Waals surface area contributed by atoms with E-state index < -0.39 is 8.32 Å². The van der Waals surface area contributed by atoms with Gasteiger partial charge in [-0.05, 0) is 32.5 Å². The van der Waals surface area contributed by atoms with Crippen LogP contribution in [-0.4, -0.2) is 20.3 Å². The van der Waals surface area contributed by atoms with Gasteiger partial charge in [0.25, 0.3) is 0 Å². The molecule has 0 radical (unpaired) electrons. The van der Waals surface area contributed by atoms with Gasteiger partial charge in [-0.3, -0.25) is 0 Å². The average Bonchev–Trinajstić information content (AvgIpc) is 2.12. The molecule has 18 heavy (non-hydrogen) atoms. The van der Waals surface area contributed by atoms with Crippen molar-refractivity contribution in [1.82, 2.24) is 0 Å². The molecule has 0 amide bonds. The molecule has 0 aliphatic rings. The molecule has 7 heteroatoms. The number of rotatable bonds is 8. The molecule has 0 aliphatic heterocycles. The molecule has 110 valence electrons. The molecule has 0 heterocycles. The minimum atomic E-state index is -1.31. The lowest BCUT2D eigenvalue weighted by atomic mass is 10.1. The third-order valence-electron chi connectivity index (χ3n) is 2.33. The Morgan fingerprint density at radius 2 is 1.33 bits per heavy atom. The third kappa shape index (κ3) is 10.3. The van der Waals surface area contributed by atoms with Crippen molar-refractivity contribution < 1.29 is 4.43 Å². The number of alkyl halides is 5. The molecule has 0 saturated carbocycles. The molecule has 0 aromatic rings. The number of halogens is 5. The van der Waals surface area contributed by atoms with Crippen molar-refractivity contribution >= 4 is 88.0 Å². The van der Waals surface area contributed by atoms with Crippen LogP contribution in [0.1, 0.15) is 32.1 Å². The van der Waals surface area contributed by atoms with Gasteiger partial charge in [-0.25, -0.2) is 0 Å². The topological polar surface area (TPSA) is 9.23 Å². The lowest BCUT2D eigenvalue weighted by Gasteiger charge is -2.29. The first kappa shape index (κ1) is 20.6. The fourth-order valence-electron chi connectivity index (χ4n) is 1.32. The molecular weight excluding hydrogens is 576 g/mol. The fourth-order valence-corrected chi connectivity index (χ4v) is 3.23. The predicted octanol–water partition coefficient (Wildman–Crippen LogP) is 7.11. The molecule has 0 atom stereocenters. The minimum absolute atomic E-state index is 0.179. The summed E-state index contributed by atoms with van der Waals surface area (Å²) in [6, 6.07) is 0. The highest BCUT2D eigenvalue weighted by Gasteiger charge is 2.41. The van der Waals surface area contributed by atoms with E-state index in [1.165, 1.54) is 25.7 Å². The van der Waals surface area contributed by atoms with Gasteiger partial charge in [0.1, 0.15) is 3.23 Å². The summed E-state index contributed by atoms with van der Waals surface area (Å²) in [4.78, 5) is 0. The van der Waals surface area contributed by atoms with Gasteiger partial charge in [0, 0.05) is 6.61 Å². The second kappa shape index (κ2) is 8.88. The Hall–Kier alpha value is 2.58. The van der Waals surface area contributed by atoms with Crippen molar-refractivity contribution in [3.05, 3.63) is 0 Å². The maximum Gasteiger partial charge on any atom is 0.183 e. The zero-order chi connectivity index (χ0) is 14.4. The summed E-state index contributed by atoms with van der Waals surface area (Å²) < 4.78 is 5.33. The van der Waals surface area contributed by atoms with Crippen molar-refractivity contribution in [2.45, 2.75) is 57.1 Å². The Morgan fingerprint density at radius 3 is 1.78 bits per heavy atom.